The van der Waals surface area contributed by atoms with Gasteiger partial charge in [0.25, 0.3) is 0 Å². The second-order valence-corrected chi connectivity index (χ2v) is 7.40. The molecule has 1 fully saturated rings. The van der Waals surface area contributed by atoms with Crippen molar-refractivity contribution in [2.45, 2.75) is 71.2 Å². The van der Waals surface area contributed by atoms with Gasteiger partial charge < -0.3 is 20.1 Å². The number of aromatic hydroxyl groups is 1. The predicted molar refractivity (Wildman–Crippen MR) is 113 cm³/mol. The van der Waals surface area contributed by atoms with Crippen LogP contribution in [0.5, 0.6) is 5.75 Å². The van der Waals surface area contributed by atoms with Crippen LogP contribution in [0.3, 0.4) is 0 Å². The van der Waals surface area contributed by atoms with E-state index >= 15 is 0 Å². The molecule has 0 aromatic heterocycles. The zero-order valence-electron chi connectivity index (χ0n) is 17.3. The van der Waals surface area contributed by atoms with E-state index < -0.39 is 18.3 Å². The van der Waals surface area contributed by atoms with Gasteiger partial charge in [-0.15, -0.1) is 0 Å². The summed E-state index contributed by atoms with van der Waals surface area (Å²) in [5.41, 5.74) is 4.41. The minimum atomic E-state index is -0.533. The van der Waals surface area contributed by atoms with E-state index in [-0.39, 0.29) is 12.4 Å². The second kappa shape index (κ2) is 11.2. The van der Waals surface area contributed by atoms with Gasteiger partial charge in [0.2, 0.25) is 0 Å². The fraction of sp³-hybridized carbons (Fsp3) is 0.500. The highest BCUT2D eigenvalue weighted by molar-refractivity contribution is 5.40. The Morgan fingerprint density at radius 1 is 1.21 bits per heavy atom. The molecular weight excluding hydrogens is 352 g/mol. The fourth-order valence-electron chi connectivity index (χ4n) is 3.57. The van der Waals surface area contributed by atoms with E-state index in [2.05, 4.69) is 32.1 Å². The summed E-state index contributed by atoms with van der Waals surface area (Å²) in [7, 11) is 0. The summed E-state index contributed by atoms with van der Waals surface area (Å²) in [4.78, 5) is 0. The Bertz CT molecular complexity index is 717. The summed E-state index contributed by atoms with van der Waals surface area (Å²) in [6, 6.07) is 5.61. The first-order valence-electron chi connectivity index (χ1n) is 10.3. The smallest absolute Gasteiger partial charge is 0.121 e. The molecule has 0 spiro atoms. The Kier molecular flexibility index (Phi) is 8.97. The highest BCUT2D eigenvalue weighted by atomic mass is 16.5. The monoisotopic (exact) mass is 386 g/mol. The van der Waals surface area contributed by atoms with Crippen molar-refractivity contribution in [1.29, 1.82) is 0 Å². The van der Waals surface area contributed by atoms with E-state index in [1.54, 1.807) is 6.07 Å². The molecule has 154 valence electrons. The molecule has 1 heterocycles. The first-order chi connectivity index (χ1) is 13.5. The van der Waals surface area contributed by atoms with Gasteiger partial charge in [-0.05, 0) is 49.5 Å². The second-order valence-electron chi connectivity index (χ2n) is 7.40. The molecule has 4 nitrogen and oxygen atoms in total. The molecule has 0 radical (unpaired) electrons. The first-order valence-corrected chi connectivity index (χ1v) is 10.3. The standard InChI is InChI=1S/C24H34O4/c1-4-7-8-17(5-2)11-18(6-3)12-19-9-10-23(27)22(13-19)24-15-20(26)14-21(16-25)28-24/h4,7-11,13,20-21,24-27H,5-6,12,14-16H2,1-3H3/b7-4-,17-8+,18-11+. The topological polar surface area (TPSA) is 69.9 Å². The van der Waals surface area contributed by atoms with E-state index in [1.807, 2.05) is 25.1 Å². The molecule has 0 saturated carbocycles. The maximum atomic E-state index is 10.3. The van der Waals surface area contributed by atoms with Crippen LogP contribution < -0.4 is 0 Å². The van der Waals surface area contributed by atoms with E-state index in [4.69, 9.17) is 4.74 Å². The highest BCUT2D eigenvalue weighted by Gasteiger charge is 2.30. The zero-order valence-corrected chi connectivity index (χ0v) is 17.3. The largest absolute Gasteiger partial charge is 0.508 e. The van der Waals surface area contributed by atoms with Crippen molar-refractivity contribution < 1.29 is 20.1 Å². The molecule has 0 aliphatic carbocycles. The minimum Gasteiger partial charge on any atom is -0.508 e. The van der Waals surface area contributed by atoms with E-state index in [9.17, 15) is 15.3 Å². The molecule has 4 heteroatoms. The molecule has 0 bridgehead atoms. The van der Waals surface area contributed by atoms with Crippen LogP contribution in [0.2, 0.25) is 0 Å². The number of ether oxygens (including phenoxy) is 1. The summed E-state index contributed by atoms with van der Waals surface area (Å²) in [5, 5.41) is 29.8. The van der Waals surface area contributed by atoms with Crippen LogP contribution in [-0.2, 0) is 11.2 Å². The SMILES string of the molecule is C\C=C/C=C(/C=C(\CC)Cc1ccc(O)c(C2CC(O)CC(CO)O2)c1)CC. The van der Waals surface area contributed by atoms with Crippen LogP contribution in [0.25, 0.3) is 0 Å². The maximum absolute atomic E-state index is 10.3. The van der Waals surface area contributed by atoms with Crippen LogP contribution >= 0.6 is 0 Å². The van der Waals surface area contributed by atoms with Crippen molar-refractivity contribution >= 4 is 0 Å². The number of rotatable bonds is 8. The number of phenols is 1. The number of hydrogen-bond donors (Lipinski definition) is 3. The van der Waals surface area contributed by atoms with Gasteiger partial charge in [0, 0.05) is 18.4 Å². The number of allylic oxidation sites excluding steroid dienone is 6. The first kappa shape index (κ1) is 22.4. The van der Waals surface area contributed by atoms with E-state index in [1.165, 1.54) is 11.1 Å². The molecule has 1 aromatic rings. The Hall–Kier alpha value is -1.88. The normalized spacial score (nSPS) is 24.1. The third-order valence-corrected chi connectivity index (χ3v) is 5.21. The van der Waals surface area contributed by atoms with Crippen molar-refractivity contribution in [3.63, 3.8) is 0 Å². The number of aliphatic hydroxyl groups is 2. The van der Waals surface area contributed by atoms with Crippen molar-refractivity contribution in [3.8, 4) is 5.75 Å². The van der Waals surface area contributed by atoms with Crippen molar-refractivity contribution in [2.24, 2.45) is 0 Å². The summed E-state index contributed by atoms with van der Waals surface area (Å²) in [5.74, 6) is 0.170. The summed E-state index contributed by atoms with van der Waals surface area (Å²) in [6.45, 7) is 6.19. The molecule has 3 atom stereocenters. The van der Waals surface area contributed by atoms with Crippen LogP contribution in [-0.4, -0.2) is 34.1 Å². The molecule has 3 unspecified atom stereocenters. The van der Waals surface area contributed by atoms with Crippen molar-refractivity contribution in [3.05, 3.63) is 64.8 Å². The van der Waals surface area contributed by atoms with Gasteiger partial charge in [-0.2, -0.15) is 0 Å². The molecule has 1 aromatic carbocycles. The molecule has 3 N–H and O–H groups in total. The average Bonchev–Trinajstić information content (AvgIpc) is 2.70. The summed E-state index contributed by atoms with van der Waals surface area (Å²) < 4.78 is 5.88. The third kappa shape index (κ3) is 6.33. The minimum absolute atomic E-state index is 0.130. The maximum Gasteiger partial charge on any atom is 0.121 e. The Morgan fingerprint density at radius 3 is 2.64 bits per heavy atom. The van der Waals surface area contributed by atoms with Gasteiger partial charge in [-0.3, -0.25) is 0 Å². The number of aliphatic hydroxyl groups excluding tert-OH is 2. The molecule has 28 heavy (non-hydrogen) atoms. The van der Waals surface area contributed by atoms with Gasteiger partial charge in [0.15, 0.2) is 0 Å². The predicted octanol–water partition coefficient (Wildman–Crippen LogP) is 4.76. The number of phenolic OH excluding ortho intramolecular Hbond substituents is 1. The van der Waals surface area contributed by atoms with Gasteiger partial charge >= 0.3 is 0 Å². The quantitative estimate of drug-likeness (QED) is 0.564. The van der Waals surface area contributed by atoms with Crippen molar-refractivity contribution in [2.75, 3.05) is 6.61 Å². The van der Waals surface area contributed by atoms with Crippen LogP contribution in [0.4, 0.5) is 0 Å². The molecular formula is C24H34O4. The van der Waals surface area contributed by atoms with Gasteiger partial charge in [0.05, 0.1) is 24.9 Å². The lowest BCUT2D eigenvalue weighted by Crippen LogP contribution is -2.33. The van der Waals surface area contributed by atoms with Gasteiger partial charge in [-0.1, -0.05) is 49.8 Å². The molecule has 1 aliphatic rings. The number of hydrogen-bond acceptors (Lipinski definition) is 4. The summed E-state index contributed by atoms with van der Waals surface area (Å²) in [6.07, 6.45) is 10.7. The van der Waals surface area contributed by atoms with E-state index in [0.29, 0.717) is 18.4 Å². The fourth-order valence-corrected chi connectivity index (χ4v) is 3.57. The lowest BCUT2D eigenvalue weighted by Gasteiger charge is -2.33. The van der Waals surface area contributed by atoms with Crippen LogP contribution in [0, 0.1) is 0 Å². The Morgan fingerprint density at radius 2 is 2.00 bits per heavy atom. The highest BCUT2D eigenvalue weighted by Crippen LogP contribution is 2.36. The van der Waals surface area contributed by atoms with Gasteiger partial charge in [-0.25, -0.2) is 0 Å². The number of benzene rings is 1. The Balaban J connectivity index is 2.24. The lowest BCUT2D eigenvalue weighted by atomic mass is 9.92. The zero-order chi connectivity index (χ0) is 20.5. The summed E-state index contributed by atoms with van der Waals surface area (Å²) >= 11 is 0. The van der Waals surface area contributed by atoms with Crippen LogP contribution in [0.1, 0.15) is 63.7 Å². The van der Waals surface area contributed by atoms with Crippen LogP contribution in [0.15, 0.2) is 53.6 Å². The molecule has 1 aliphatic heterocycles. The molecule has 0 amide bonds. The molecule has 2 rings (SSSR count). The lowest BCUT2D eigenvalue weighted by molar-refractivity contribution is -0.114. The van der Waals surface area contributed by atoms with Gasteiger partial charge in [0.1, 0.15) is 5.75 Å². The van der Waals surface area contributed by atoms with E-state index in [0.717, 1.165) is 24.8 Å². The Labute approximate surface area is 168 Å². The van der Waals surface area contributed by atoms with Crippen molar-refractivity contribution in [1.82, 2.24) is 0 Å². The average molecular weight is 387 g/mol. The molecule has 1 saturated heterocycles. The third-order valence-electron chi connectivity index (χ3n) is 5.21.